The van der Waals surface area contributed by atoms with Crippen molar-refractivity contribution in [1.29, 1.82) is 0 Å². The molecule has 2 aromatic heterocycles. The monoisotopic (exact) mass is 392 g/mol. The minimum absolute atomic E-state index is 0.310. The summed E-state index contributed by atoms with van der Waals surface area (Å²) < 4.78 is 22.7. The van der Waals surface area contributed by atoms with Crippen LogP contribution < -0.4 is 10.1 Å². The van der Waals surface area contributed by atoms with Gasteiger partial charge in [-0.05, 0) is 49.7 Å². The Morgan fingerprint density at radius 1 is 1.10 bits per heavy atom. The minimum Gasteiger partial charge on any atom is -0.495 e. The van der Waals surface area contributed by atoms with Crippen LogP contribution in [0.25, 0.3) is 17.1 Å². The lowest BCUT2D eigenvalue weighted by Gasteiger charge is -2.10. The molecule has 2 heterocycles. The molecule has 7 nitrogen and oxygen atoms in total. The van der Waals surface area contributed by atoms with Gasteiger partial charge in [0.25, 0.3) is 0 Å². The molecule has 4 aromatic rings. The standard InChI is InChI=1S/C21H21FN6O/c1-13-5-7-16(22)10-17(13)24-21-25-20(26-27(21)3)15-6-8-18(19(9-15)29-4)28-11-14(2)23-12-28/h5-12H,1-4H3,(H,24,25,26). The third kappa shape index (κ3) is 3.69. The highest BCUT2D eigenvalue weighted by Crippen LogP contribution is 2.29. The maximum Gasteiger partial charge on any atom is 0.225 e. The number of rotatable bonds is 5. The van der Waals surface area contributed by atoms with E-state index in [9.17, 15) is 4.39 Å². The summed E-state index contributed by atoms with van der Waals surface area (Å²) in [5.74, 6) is 1.43. The van der Waals surface area contributed by atoms with Crippen molar-refractivity contribution in [3.8, 4) is 22.8 Å². The third-order valence-corrected chi connectivity index (χ3v) is 4.64. The molecule has 2 aromatic carbocycles. The van der Waals surface area contributed by atoms with E-state index in [4.69, 9.17) is 4.74 Å². The van der Waals surface area contributed by atoms with Gasteiger partial charge in [-0.3, -0.25) is 0 Å². The van der Waals surface area contributed by atoms with Gasteiger partial charge in [0.1, 0.15) is 11.6 Å². The van der Waals surface area contributed by atoms with Crippen LogP contribution in [0.15, 0.2) is 48.9 Å². The Hall–Kier alpha value is -3.68. The quantitative estimate of drug-likeness (QED) is 0.552. The molecule has 29 heavy (non-hydrogen) atoms. The normalized spacial score (nSPS) is 10.9. The van der Waals surface area contributed by atoms with Gasteiger partial charge in [-0.1, -0.05) is 6.07 Å². The van der Waals surface area contributed by atoms with Crippen LogP contribution in [0.2, 0.25) is 0 Å². The molecule has 1 N–H and O–H groups in total. The van der Waals surface area contributed by atoms with Gasteiger partial charge in [0.2, 0.25) is 5.95 Å². The van der Waals surface area contributed by atoms with Gasteiger partial charge in [-0.2, -0.15) is 4.98 Å². The molecule has 0 spiro atoms. The molecule has 148 valence electrons. The molecule has 0 aliphatic rings. The third-order valence-electron chi connectivity index (χ3n) is 4.64. The highest BCUT2D eigenvalue weighted by Gasteiger charge is 2.14. The molecule has 0 saturated heterocycles. The van der Waals surface area contributed by atoms with Crippen molar-refractivity contribution in [2.24, 2.45) is 7.05 Å². The molecule has 8 heteroatoms. The number of ether oxygens (including phenoxy) is 1. The Morgan fingerprint density at radius 2 is 1.93 bits per heavy atom. The van der Waals surface area contributed by atoms with E-state index in [1.165, 1.54) is 12.1 Å². The second kappa shape index (κ2) is 7.38. The largest absolute Gasteiger partial charge is 0.495 e. The maximum absolute atomic E-state index is 13.6. The van der Waals surface area contributed by atoms with Crippen molar-refractivity contribution < 1.29 is 9.13 Å². The SMILES string of the molecule is COc1cc(-c2nc(Nc3cc(F)ccc3C)n(C)n2)ccc1-n1cnc(C)c1. The number of imidazole rings is 1. The molecule has 0 bridgehead atoms. The van der Waals surface area contributed by atoms with E-state index in [1.54, 1.807) is 31.2 Å². The van der Waals surface area contributed by atoms with Crippen molar-refractivity contribution in [1.82, 2.24) is 24.3 Å². The zero-order valence-corrected chi connectivity index (χ0v) is 16.6. The summed E-state index contributed by atoms with van der Waals surface area (Å²) in [7, 11) is 3.41. The molecule has 0 fully saturated rings. The molecule has 0 aliphatic carbocycles. The van der Waals surface area contributed by atoms with Gasteiger partial charge < -0.3 is 14.6 Å². The molecule has 0 atom stereocenters. The lowest BCUT2D eigenvalue weighted by atomic mass is 10.1. The van der Waals surface area contributed by atoms with Crippen LogP contribution in [-0.4, -0.2) is 31.4 Å². The molecule has 0 amide bonds. The highest BCUT2D eigenvalue weighted by molar-refractivity contribution is 5.65. The first-order valence-corrected chi connectivity index (χ1v) is 9.08. The summed E-state index contributed by atoms with van der Waals surface area (Å²) in [6, 6.07) is 10.3. The average molecular weight is 392 g/mol. The van der Waals surface area contributed by atoms with Crippen LogP contribution in [-0.2, 0) is 7.05 Å². The summed E-state index contributed by atoms with van der Waals surface area (Å²) in [5.41, 5.74) is 4.17. The Bertz CT molecular complexity index is 1180. The molecule has 0 unspecified atom stereocenters. The first kappa shape index (κ1) is 18.7. The lowest BCUT2D eigenvalue weighted by molar-refractivity contribution is 0.413. The predicted molar refractivity (Wildman–Crippen MR) is 109 cm³/mol. The van der Waals surface area contributed by atoms with Gasteiger partial charge in [-0.25, -0.2) is 14.1 Å². The molecule has 0 aliphatic heterocycles. The Kier molecular flexibility index (Phi) is 4.75. The second-order valence-corrected chi connectivity index (χ2v) is 6.78. The van der Waals surface area contributed by atoms with Crippen molar-refractivity contribution in [3.05, 3.63) is 66.0 Å². The second-order valence-electron chi connectivity index (χ2n) is 6.78. The zero-order valence-electron chi connectivity index (χ0n) is 16.6. The smallest absolute Gasteiger partial charge is 0.225 e. The van der Waals surface area contributed by atoms with Crippen LogP contribution >= 0.6 is 0 Å². The summed E-state index contributed by atoms with van der Waals surface area (Å²) in [6.45, 7) is 3.84. The molecular weight excluding hydrogens is 371 g/mol. The van der Waals surface area contributed by atoms with Crippen molar-refractivity contribution >= 4 is 11.6 Å². The predicted octanol–water partition coefficient (Wildman–Crippen LogP) is 4.18. The number of benzene rings is 2. The number of hydrogen-bond acceptors (Lipinski definition) is 5. The molecular formula is C21H21FN6O. The number of aromatic nitrogens is 5. The summed E-state index contributed by atoms with van der Waals surface area (Å²) >= 11 is 0. The number of methoxy groups -OCH3 is 1. The minimum atomic E-state index is -0.310. The van der Waals surface area contributed by atoms with E-state index < -0.39 is 0 Å². The molecule has 0 saturated carbocycles. The zero-order chi connectivity index (χ0) is 20.5. The summed E-state index contributed by atoms with van der Waals surface area (Å²) in [5, 5.41) is 7.63. The fraction of sp³-hybridized carbons (Fsp3) is 0.190. The van der Waals surface area contributed by atoms with Gasteiger partial charge >= 0.3 is 0 Å². The van der Waals surface area contributed by atoms with Crippen molar-refractivity contribution in [2.75, 3.05) is 12.4 Å². The number of nitrogens with zero attached hydrogens (tertiary/aromatic N) is 5. The Labute approximate surface area is 167 Å². The van der Waals surface area contributed by atoms with E-state index in [2.05, 4.69) is 20.4 Å². The number of nitrogens with one attached hydrogen (secondary N) is 1. The number of anilines is 2. The fourth-order valence-corrected chi connectivity index (χ4v) is 3.05. The molecule has 4 rings (SSSR count). The topological polar surface area (TPSA) is 69.8 Å². The fourth-order valence-electron chi connectivity index (χ4n) is 3.05. The summed E-state index contributed by atoms with van der Waals surface area (Å²) in [4.78, 5) is 8.83. The lowest BCUT2D eigenvalue weighted by Crippen LogP contribution is -2.01. The average Bonchev–Trinajstić information content (AvgIpc) is 3.30. The maximum atomic E-state index is 13.6. The van der Waals surface area contributed by atoms with Gasteiger partial charge in [-0.15, -0.1) is 5.10 Å². The molecule has 0 radical (unpaired) electrons. The van der Waals surface area contributed by atoms with Gasteiger partial charge in [0.15, 0.2) is 5.82 Å². The van der Waals surface area contributed by atoms with Crippen LogP contribution in [0.1, 0.15) is 11.3 Å². The first-order valence-electron chi connectivity index (χ1n) is 9.08. The van der Waals surface area contributed by atoms with Crippen LogP contribution in [0.5, 0.6) is 5.75 Å². The van der Waals surface area contributed by atoms with Crippen LogP contribution in [0, 0.1) is 19.7 Å². The van der Waals surface area contributed by atoms with E-state index in [1.807, 2.05) is 42.8 Å². The van der Waals surface area contributed by atoms with E-state index in [0.717, 1.165) is 22.5 Å². The van der Waals surface area contributed by atoms with E-state index in [-0.39, 0.29) is 5.82 Å². The number of aryl methyl sites for hydroxylation is 3. The Balaban J connectivity index is 1.67. The van der Waals surface area contributed by atoms with Gasteiger partial charge in [0, 0.05) is 24.5 Å². The summed E-state index contributed by atoms with van der Waals surface area (Å²) in [6.07, 6.45) is 3.68. The number of halogens is 1. The van der Waals surface area contributed by atoms with E-state index in [0.29, 0.717) is 23.2 Å². The van der Waals surface area contributed by atoms with E-state index >= 15 is 0 Å². The van der Waals surface area contributed by atoms with Crippen LogP contribution in [0.4, 0.5) is 16.0 Å². The first-order chi connectivity index (χ1) is 13.9. The number of hydrogen-bond donors (Lipinski definition) is 1. The van der Waals surface area contributed by atoms with Crippen molar-refractivity contribution in [2.45, 2.75) is 13.8 Å². The highest BCUT2D eigenvalue weighted by atomic mass is 19.1. The van der Waals surface area contributed by atoms with Gasteiger partial charge in [0.05, 0.1) is 24.8 Å². The Morgan fingerprint density at radius 3 is 2.66 bits per heavy atom. The van der Waals surface area contributed by atoms with Crippen LogP contribution in [0.3, 0.4) is 0 Å². The van der Waals surface area contributed by atoms with Crippen molar-refractivity contribution in [3.63, 3.8) is 0 Å².